The quantitative estimate of drug-likeness (QED) is 0.668. The van der Waals surface area contributed by atoms with Gasteiger partial charge in [-0.1, -0.05) is 76.2 Å². The molecule has 0 amide bonds. The molecule has 0 bridgehead atoms. The molecule has 0 radical (unpaired) electrons. The average Bonchev–Trinajstić information content (AvgIpc) is 2.20. The number of benzene rings is 1. The third kappa shape index (κ3) is 2.17. The van der Waals surface area contributed by atoms with Crippen LogP contribution in [0.1, 0.15) is 34.6 Å². The fourth-order valence-corrected chi connectivity index (χ4v) is 8.62. The lowest BCUT2D eigenvalue weighted by molar-refractivity contribution is 0.896. The predicted octanol–water partition coefficient (Wildman–Crippen LogP) is 4.18. The van der Waals surface area contributed by atoms with E-state index in [0.717, 1.165) is 11.1 Å². The predicted molar refractivity (Wildman–Crippen MR) is 72.5 cm³/mol. The Morgan fingerprint density at radius 3 is 1.73 bits per heavy atom. The molecule has 84 valence electrons. The Bertz CT molecular complexity index is 279. The maximum Gasteiger partial charge on any atom is 0.0914 e. The molecular weight excluding hydrogens is 196 g/mol. The van der Waals surface area contributed by atoms with E-state index in [4.69, 9.17) is 0 Å². The van der Waals surface area contributed by atoms with Gasteiger partial charge in [-0.25, -0.2) is 0 Å². The van der Waals surface area contributed by atoms with Crippen molar-refractivity contribution in [3.63, 3.8) is 0 Å². The third-order valence-electron chi connectivity index (χ3n) is 3.96. The molecule has 0 saturated carbocycles. The van der Waals surface area contributed by atoms with E-state index in [1.165, 1.54) is 6.04 Å². The van der Waals surface area contributed by atoms with Gasteiger partial charge in [0.2, 0.25) is 0 Å². The van der Waals surface area contributed by atoms with Crippen molar-refractivity contribution in [1.82, 2.24) is 0 Å². The van der Waals surface area contributed by atoms with Gasteiger partial charge in [-0.3, -0.25) is 0 Å². The van der Waals surface area contributed by atoms with E-state index in [2.05, 4.69) is 65.0 Å². The molecule has 0 aromatic heterocycles. The molecule has 1 heteroatoms. The SMILES string of the molecule is CC[Si](c1ccccc1)(C(C)C)C(C)C. The highest BCUT2D eigenvalue weighted by molar-refractivity contribution is 6.93. The van der Waals surface area contributed by atoms with Crippen LogP contribution in [0.2, 0.25) is 17.1 Å². The molecule has 0 aliphatic rings. The summed E-state index contributed by atoms with van der Waals surface area (Å²) in [6.45, 7) is 12.0. The summed E-state index contributed by atoms with van der Waals surface area (Å²) < 4.78 is 0. The van der Waals surface area contributed by atoms with E-state index < -0.39 is 8.07 Å². The van der Waals surface area contributed by atoms with E-state index in [9.17, 15) is 0 Å². The topological polar surface area (TPSA) is 0 Å². The van der Waals surface area contributed by atoms with Crippen LogP contribution in [0.4, 0.5) is 0 Å². The molecule has 0 fully saturated rings. The van der Waals surface area contributed by atoms with Gasteiger partial charge in [0, 0.05) is 0 Å². The second-order valence-electron chi connectivity index (χ2n) is 5.07. The van der Waals surface area contributed by atoms with Crippen molar-refractivity contribution in [2.45, 2.75) is 51.7 Å². The summed E-state index contributed by atoms with van der Waals surface area (Å²) in [7, 11) is -1.30. The Morgan fingerprint density at radius 2 is 1.40 bits per heavy atom. The van der Waals surface area contributed by atoms with Crippen molar-refractivity contribution >= 4 is 13.3 Å². The molecule has 0 nitrogen and oxygen atoms in total. The first-order chi connectivity index (χ1) is 7.05. The lowest BCUT2D eigenvalue weighted by Crippen LogP contribution is -2.52. The molecule has 0 spiro atoms. The number of rotatable bonds is 4. The zero-order valence-corrected chi connectivity index (χ0v) is 11.7. The largest absolute Gasteiger partial charge is 0.0914 e. The number of hydrogen-bond donors (Lipinski definition) is 0. The minimum absolute atomic E-state index is 0.824. The average molecular weight is 220 g/mol. The molecule has 1 aromatic carbocycles. The van der Waals surface area contributed by atoms with Gasteiger partial charge < -0.3 is 0 Å². The smallest absolute Gasteiger partial charge is 0.0674 e. The third-order valence-corrected chi connectivity index (χ3v) is 10.7. The Balaban J connectivity index is 3.22. The maximum absolute atomic E-state index is 2.41. The fourth-order valence-electron chi connectivity index (χ4n) is 3.10. The monoisotopic (exact) mass is 220 g/mol. The Kier molecular flexibility index (Phi) is 4.15. The van der Waals surface area contributed by atoms with Gasteiger partial charge in [0.15, 0.2) is 0 Å². The van der Waals surface area contributed by atoms with E-state index in [0.29, 0.717) is 0 Å². The molecule has 0 unspecified atom stereocenters. The lowest BCUT2D eigenvalue weighted by atomic mass is 10.4. The summed E-state index contributed by atoms with van der Waals surface area (Å²) in [6.07, 6.45) is 0. The summed E-state index contributed by atoms with van der Waals surface area (Å²) in [6, 6.07) is 12.5. The zero-order valence-electron chi connectivity index (χ0n) is 10.7. The van der Waals surface area contributed by atoms with Gasteiger partial charge in [0.1, 0.15) is 0 Å². The van der Waals surface area contributed by atoms with Crippen molar-refractivity contribution in [3.8, 4) is 0 Å². The molecule has 0 heterocycles. The molecular formula is C14H24Si. The summed E-state index contributed by atoms with van der Waals surface area (Å²) in [5.74, 6) is 0. The fraction of sp³-hybridized carbons (Fsp3) is 0.571. The van der Waals surface area contributed by atoms with Crippen LogP contribution >= 0.6 is 0 Å². The normalized spacial score (nSPS) is 12.5. The highest BCUT2D eigenvalue weighted by atomic mass is 28.3. The van der Waals surface area contributed by atoms with E-state index in [1.54, 1.807) is 5.19 Å². The Labute approximate surface area is 95.7 Å². The molecule has 15 heavy (non-hydrogen) atoms. The van der Waals surface area contributed by atoms with Crippen molar-refractivity contribution in [3.05, 3.63) is 30.3 Å². The molecule has 1 aromatic rings. The van der Waals surface area contributed by atoms with Crippen LogP contribution in [0.25, 0.3) is 0 Å². The molecule has 1 rings (SSSR count). The Morgan fingerprint density at radius 1 is 0.933 bits per heavy atom. The van der Waals surface area contributed by atoms with E-state index in [-0.39, 0.29) is 0 Å². The molecule has 0 aliphatic carbocycles. The first-order valence-corrected chi connectivity index (χ1v) is 8.47. The van der Waals surface area contributed by atoms with Gasteiger partial charge in [-0.15, -0.1) is 0 Å². The minimum Gasteiger partial charge on any atom is -0.0674 e. The van der Waals surface area contributed by atoms with Crippen molar-refractivity contribution in [1.29, 1.82) is 0 Å². The second-order valence-corrected chi connectivity index (χ2v) is 10.7. The Hall–Kier alpha value is -0.563. The first-order valence-electron chi connectivity index (χ1n) is 6.11. The van der Waals surface area contributed by atoms with Crippen LogP contribution in [-0.2, 0) is 0 Å². The zero-order chi connectivity index (χ0) is 11.5. The molecule has 0 saturated heterocycles. The van der Waals surface area contributed by atoms with Gasteiger partial charge >= 0.3 is 0 Å². The van der Waals surface area contributed by atoms with Crippen molar-refractivity contribution in [2.75, 3.05) is 0 Å². The summed E-state index contributed by atoms with van der Waals surface area (Å²) in [5.41, 5.74) is 1.65. The standard InChI is InChI=1S/C14H24Si/c1-6-15(12(2)3,13(4)5)14-10-8-7-9-11-14/h7-13H,6H2,1-5H3. The summed E-state index contributed by atoms with van der Waals surface area (Å²) in [4.78, 5) is 0. The van der Waals surface area contributed by atoms with Crippen LogP contribution in [0.15, 0.2) is 30.3 Å². The molecule has 0 aliphatic heterocycles. The van der Waals surface area contributed by atoms with E-state index >= 15 is 0 Å². The van der Waals surface area contributed by atoms with Gasteiger partial charge in [-0.2, -0.15) is 0 Å². The van der Waals surface area contributed by atoms with Crippen molar-refractivity contribution < 1.29 is 0 Å². The highest BCUT2D eigenvalue weighted by Crippen LogP contribution is 2.35. The summed E-state index contributed by atoms with van der Waals surface area (Å²) in [5, 5.41) is 1.64. The minimum atomic E-state index is -1.30. The van der Waals surface area contributed by atoms with Crippen molar-refractivity contribution in [2.24, 2.45) is 0 Å². The summed E-state index contributed by atoms with van der Waals surface area (Å²) >= 11 is 0. The molecule has 0 atom stereocenters. The van der Waals surface area contributed by atoms with Crippen LogP contribution in [-0.4, -0.2) is 8.07 Å². The van der Waals surface area contributed by atoms with Gasteiger partial charge in [0.05, 0.1) is 8.07 Å². The van der Waals surface area contributed by atoms with Gasteiger partial charge in [0.25, 0.3) is 0 Å². The van der Waals surface area contributed by atoms with Gasteiger partial charge in [-0.05, 0) is 11.1 Å². The van der Waals surface area contributed by atoms with Crippen LogP contribution in [0.5, 0.6) is 0 Å². The van der Waals surface area contributed by atoms with Crippen LogP contribution in [0, 0.1) is 0 Å². The van der Waals surface area contributed by atoms with Crippen LogP contribution in [0.3, 0.4) is 0 Å². The molecule has 0 N–H and O–H groups in total. The first kappa shape index (κ1) is 12.5. The highest BCUT2D eigenvalue weighted by Gasteiger charge is 2.39. The lowest BCUT2D eigenvalue weighted by Gasteiger charge is -2.39. The number of hydrogen-bond acceptors (Lipinski definition) is 0. The second kappa shape index (κ2) is 4.98. The maximum atomic E-state index is 2.41. The van der Waals surface area contributed by atoms with Crippen LogP contribution < -0.4 is 5.19 Å². The van der Waals surface area contributed by atoms with E-state index in [1.807, 2.05) is 0 Å².